The lowest BCUT2D eigenvalue weighted by molar-refractivity contribution is -0.137. The van der Waals surface area contributed by atoms with E-state index in [4.69, 9.17) is 5.11 Å². The number of carbonyl (C=O) groups excluding carboxylic acids is 1. The molecule has 6 nitrogen and oxygen atoms in total. The van der Waals surface area contributed by atoms with Gasteiger partial charge < -0.3 is 15.3 Å². The van der Waals surface area contributed by atoms with E-state index in [1.165, 1.54) is 12.8 Å². The fourth-order valence-corrected chi connectivity index (χ4v) is 2.38. The summed E-state index contributed by atoms with van der Waals surface area (Å²) < 4.78 is 0. The number of carboxylic acid groups (broad SMARTS) is 1. The van der Waals surface area contributed by atoms with E-state index < -0.39 is 5.97 Å². The van der Waals surface area contributed by atoms with Crippen LogP contribution in [0.25, 0.3) is 0 Å². The number of carbonyl (C=O) groups is 2. The van der Waals surface area contributed by atoms with Crippen molar-refractivity contribution in [3.63, 3.8) is 0 Å². The molecule has 0 aliphatic carbocycles. The first-order chi connectivity index (χ1) is 10.1. The highest BCUT2D eigenvalue weighted by molar-refractivity contribution is 5.90. The largest absolute Gasteiger partial charge is 0.481 e. The third-order valence-corrected chi connectivity index (χ3v) is 3.51. The minimum Gasteiger partial charge on any atom is -0.481 e. The van der Waals surface area contributed by atoms with Crippen LogP contribution in [0.3, 0.4) is 0 Å². The Morgan fingerprint density at radius 3 is 2.52 bits per heavy atom. The molecule has 0 aromatic carbocycles. The van der Waals surface area contributed by atoms with E-state index in [2.05, 4.69) is 15.2 Å². The second-order valence-electron chi connectivity index (χ2n) is 5.25. The number of pyridine rings is 1. The van der Waals surface area contributed by atoms with Gasteiger partial charge in [0.05, 0.1) is 11.9 Å². The maximum absolute atomic E-state index is 11.7. The van der Waals surface area contributed by atoms with Crippen molar-refractivity contribution in [3.8, 4) is 0 Å². The molecule has 1 saturated heterocycles. The highest BCUT2D eigenvalue weighted by Gasteiger charge is 2.13. The smallest absolute Gasteiger partial charge is 0.303 e. The zero-order valence-corrected chi connectivity index (χ0v) is 12.0. The van der Waals surface area contributed by atoms with Crippen molar-refractivity contribution in [1.82, 2.24) is 4.98 Å². The maximum Gasteiger partial charge on any atom is 0.303 e. The Balaban J connectivity index is 1.74. The predicted octanol–water partition coefficient (Wildman–Crippen LogP) is 2.27. The Hall–Kier alpha value is -2.11. The number of hydrogen-bond donors (Lipinski definition) is 2. The number of nitrogens with zero attached hydrogens (tertiary/aromatic N) is 2. The monoisotopic (exact) mass is 291 g/mol. The van der Waals surface area contributed by atoms with Crippen LogP contribution in [-0.2, 0) is 9.59 Å². The van der Waals surface area contributed by atoms with Crippen molar-refractivity contribution in [2.45, 2.75) is 38.5 Å². The average Bonchev–Trinajstić information content (AvgIpc) is 2.98. The van der Waals surface area contributed by atoms with Gasteiger partial charge in [0, 0.05) is 25.9 Å². The van der Waals surface area contributed by atoms with Gasteiger partial charge in [-0.2, -0.15) is 0 Å². The molecule has 0 radical (unpaired) electrons. The minimum absolute atomic E-state index is 0.101. The molecule has 1 amide bonds. The normalized spacial score (nSPS) is 14.2. The van der Waals surface area contributed by atoms with Crippen LogP contribution in [0.4, 0.5) is 11.5 Å². The van der Waals surface area contributed by atoms with Crippen molar-refractivity contribution < 1.29 is 14.7 Å². The third kappa shape index (κ3) is 5.06. The van der Waals surface area contributed by atoms with E-state index in [-0.39, 0.29) is 12.3 Å². The Morgan fingerprint density at radius 2 is 1.90 bits per heavy atom. The lowest BCUT2D eigenvalue weighted by Crippen LogP contribution is -2.19. The molecule has 6 heteroatoms. The number of amides is 1. The zero-order valence-electron chi connectivity index (χ0n) is 12.0. The van der Waals surface area contributed by atoms with Crippen molar-refractivity contribution in [3.05, 3.63) is 18.3 Å². The van der Waals surface area contributed by atoms with Gasteiger partial charge in [-0.1, -0.05) is 0 Å². The molecule has 1 aromatic rings. The summed E-state index contributed by atoms with van der Waals surface area (Å²) in [6.07, 6.45) is 5.63. The molecule has 0 spiro atoms. The van der Waals surface area contributed by atoms with Gasteiger partial charge in [-0.15, -0.1) is 0 Å². The molecule has 0 atom stereocenters. The molecule has 21 heavy (non-hydrogen) atoms. The summed E-state index contributed by atoms with van der Waals surface area (Å²) in [6, 6.07) is 3.78. The van der Waals surface area contributed by atoms with E-state index in [1.807, 2.05) is 12.1 Å². The summed E-state index contributed by atoms with van der Waals surface area (Å²) in [7, 11) is 0. The minimum atomic E-state index is -0.822. The molecular weight excluding hydrogens is 270 g/mol. The van der Waals surface area contributed by atoms with Crippen molar-refractivity contribution >= 4 is 23.4 Å². The van der Waals surface area contributed by atoms with Crippen LogP contribution in [-0.4, -0.2) is 35.1 Å². The number of unbranched alkanes of at least 4 members (excludes halogenated alkanes) is 1. The summed E-state index contributed by atoms with van der Waals surface area (Å²) in [4.78, 5) is 28.7. The Bertz CT molecular complexity index is 481. The van der Waals surface area contributed by atoms with Gasteiger partial charge in [0.15, 0.2) is 0 Å². The average molecular weight is 291 g/mol. The number of aromatic nitrogens is 1. The van der Waals surface area contributed by atoms with Crippen molar-refractivity contribution in [2.75, 3.05) is 23.3 Å². The number of carboxylic acids is 1. The van der Waals surface area contributed by atoms with Gasteiger partial charge in [0.1, 0.15) is 5.82 Å². The van der Waals surface area contributed by atoms with E-state index in [0.717, 1.165) is 18.9 Å². The van der Waals surface area contributed by atoms with E-state index >= 15 is 0 Å². The molecule has 1 fully saturated rings. The summed E-state index contributed by atoms with van der Waals surface area (Å²) in [5, 5.41) is 11.3. The van der Waals surface area contributed by atoms with Crippen LogP contribution in [0.5, 0.6) is 0 Å². The molecule has 2 N–H and O–H groups in total. The molecule has 2 heterocycles. The van der Waals surface area contributed by atoms with Crippen LogP contribution < -0.4 is 10.2 Å². The molecule has 1 aliphatic heterocycles. The first-order valence-corrected chi connectivity index (χ1v) is 7.38. The molecule has 2 rings (SSSR count). The maximum atomic E-state index is 11.7. The number of anilines is 2. The zero-order chi connectivity index (χ0) is 15.1. The van der Waals surface area contributed by atoms with Gasteiger partial charge >= 0.3 is 5.97 Å². The standard InChI is InChI=1S/C15H21N3O3/c19-14(5-1-2-6-15(20)21)17-12-7-8-13(16-11-12)18-9-3-4-10-18/h7-8,11H,1-6,9-10H2,(H,17,19)(H,20,21). The first kappa shape index (κ1) is 15.3. The van der Waals surface area contributed by atoms with Gasteiger partial charge in [0.2, 0.25) is 5.91 Å². The van der Waals surface area contributed by atoms with Crippen LogP contribution in [0, 0.1) is 0 Å². The first-order valence-electron chi connectivity index (χ1n) is 7.38. The van der Waals surface area contributed by atoms with E-state index in [9.17, 15) is 9.59 Å². The highest BCUT2D eigenvalue weighted by Crippen LogP contribution is 2.19. The molecule has 0 saturated carbocycles. The fourth-order valence-electron chi connectivity index (χ4n) is 2.38. The molecule has 0 bridgehead atoms. The summed E-state index contributed by atoms with van der Waals surface area (Å²) in [6.45, 7) is 2.09. The summed E-state index contributed by atoms with van der Waals surface area (Å²) >= 11 is 0. The number of nitrogens with one attached hydrogen (secondary N) is 1. The molecule has 114 valence electrons. The van der Waals surface area contributed by atoms with Crippen LogP contribution in [0.1, 0.15) is 38.5 Å². The molecule has 0 unspecified atom stereocenters. The van der Waals surface area contributed by atoms with Gasteiger partial charge in [0.25, 0.3) is 0 Å². The number of rotatable bonds is 7. The quantitative estimate of drug-likeness (QED) is 0.753. The summed E-state index contributed by atoms with van der Waals surface area (Å²) in [5.41, 5.74) is 0.682. The summed E-state index contributed by atoms with van der Waals surface area (Å²) in [5.74, 6) is 0.0279. The van der Waals surface area contributed by atoms with Crippen molar-refractivity contribution in [1.29, 1.82) is 0 Å². The SMILES string of the molecule is O=C(O)CCCCC(=O)Nc1ccc(N2CCCC2)nc1. The van der Waals surface area contributed by atoms with E-state index in [1.54, 1.807) is 6.20 Å². The third-order valence-electron chi connectivity index (χ3n) is 3.51. The van der Waals surface area contributed by atoms with Crippen molar-refractivity contribution in [2.24, 2.45) is 0 Å². The lowest BCUT2D eigenvalue weighted by Gasteiger charge is -2.16. The van der Waals surface area contributed by atoms with Gasteiger partial charge in [-0.25, -0.2) is 4.98 Å². The van der Waals surface area contributed by atoms with Gasteiger partial charge in [-0.3, -0.25) is 9.59 Å². The van der Waals surface area contributed by atoms with Gasteiger partial charge in [-0.05, 0) is 37.8 Å². The second kappa shape index (κ2) is 7.61. The van der Waals surface area contributed by atoms with Crippen LogP contribution in [0.2, 0.25) is 0 Å². The molecule has 1 aliphatic rings. The Morgan fingerprint density at radius 1 is 1.19 bits per heavy atom. The predicted molar refractivity (Wildman–Crippen MR) is 80.4 cm³/mol. The van der Waals surface area contributed by atoms with Crippen LogP contribution in [0.15, 0.2) is 18.3 Å². The number of hydrogen-bond acceptors (Lipinski definition) is 4. The molecule has 1 aromatic heterocycles. The topological polar surface area (TPSA) is 82.5 Å². The van der Waals surface area contributed by atoms with Crippen LogP contribution >= 0.6 is 0 Å². The lowest BCUT2D eigenvalue weighted by atomic mass is 10.2. The fraction of sp³-hybridized carbons (Fsp3) is 0.533. The molecular formula is C15H21N3O3. The Kier molecular flexibility index (Phi) is 5.54. The van der Waals surface area contributed by atoms with E-state index in [0.29, 0.717) is 24.9 Å². The second-order valence-corrected chi connectivity index (χ2v) is 5.25. The highest BCUT2D eigenvalue weighted by atomic mass is 16.4. The number of aliphatic carboxylic acids is 1. The Labute approximate surface area is 124 Å².